The van der Waals surface area contributed by atoms with Crippen molar-refractivity contribution in [1.82, 2.24) is 4.90 Å². The van der Waals surface area contributed by atoms with E-state index >= 15 is 0 Å². The largest absolute Gasteiger partial charge is 0.416 e. The standard InChI is InChI=1S/C15H18F3NO.ClH/c16-15(17,18)13-6-4-12(5-7-13)14(20)8-11-19-9-2-1-3-10-19;/h4-7H,1-3,8-11H2;1H. The zero-order valence-electron chi connectivity index (χ0n) is 11.7. The summed E-state index contributed by atoms with van der Waals surface area (Å²) >= 11 is 0. The summed E-state index contributed by atoms with van der Waals surface area (Å²) in [4.78, 5) is 14.2. The summed E-state index contributed by atoms with van der Waals surface area (Å²) in [5, 5.41) is 0. The maximum absolute atomic E-state index is 12.4. The minimum atomic E-state index is -4.35. The van der Waals surface area contributed by atoms with E-state index in [9.17, 15) is 18.0 Å². The van der Waals surface area contributed by atoms with Gasteiger partial charge in [0, 0.05) is 18.5 Å². The lowest BCUT2D eigenvalue weighted by atomic mass is 10.0. The van der Waals surface area contributed by atoms with Crippen LogP contribution < -0.4 is 0 Å². The maximum Gasteiger partial charge on any atom is 0.416 e. The number of halogens is 4. The van der Waals surface area contributed by atoms with E-state index in [1.807, 2.05) is 0 Å². The van der Waals surface area contributed by atoms with E-state index in [0.717, 1.165) is 38.1 Å². The molecule has 1 aromatic carbocycles. The van der Waals surface area contributed by atoms with Gasteiger partial charge in [-0.1, -0.05) is 18.6 Å². The van der Waals surface area contributed by atoms with Crippen LogP contribution in [0.15, 0.2) is 24.3 Å². The van der Waals surface area contributed by atoms with Gasteiger partial charge in [0.1, 0.15) is 0 Å². The molecule has 6 heteroatoms. The number of nitrogens with zero attached hydrogens (tertiary/aromatic N) is 1. The summed E-state index contributed by atoms with van der Waals surface area (Å²) in [6.45, 7) is 2.72. The third-order valence-corrected chi connectivity index (χ3v) is 3.64. The molecule has 0 bridgehead atoms. The molecule has 1 fully saturated rings. The van der Waals surface area contributed by atoms with Crippen LogP contribution in [0.1, 0.15) is 41.6 Å². The van der Waals surface area contributed by atoms with Gasteiger partial charge < -0.3 is 4.90 Å². The van der Waals surface area contributed by atoms with Crippen molar-refractivity contribution in [3.63, 3.8) is 0 Å². The molecule has 0 saturated carbocycles. The third kappa shape index (κ3) is 5.32. The minimum absolute atomic E-state index is 0. The highest BCUT2D eigenvalue weighted by atomic mass is 35.5. The molecule has 0 unspecified atom stereocenters. The molecule has 0 spiro atoms. The number of carbonyl (C=O) groups is 1. The van der Waals surface area contributed by atoms with Crippen LogP contribution in [0.4, 0.5) is 13.2 Å². The van der Waals surface area contributed by atoms with Crippen LogP contribution in [0, 0.1) is 0 Å². The molecule has 0 aliphatic carbocycles. The summed E-state index contributed by atoms with van der Waals surface area (Å²) in [5.41, 5.74) is -0.361. The third-order valence-electron chi connectivity index (χ3n) is 3.64. The molecule has 0 radical (unpaired) electrons. The second-order valence-corrected chi connectivity index (χ2v) is 5.15. The summed E-state index contributed by atoms with van der Waals surface area (Å²) in [7, 11) is 0. The first kappa shape index (κ1) is 18.0. The second-order valence-electron chi connectivity index (χ2n) is 5.15. The predicted molar refractivity (Wildman–Crippen MR) is 77.9 cm³/mol. The smallest absolute Gasteiger partial charge is 0.303 e. The number of carbonyl (C=O) groups excluding carboxylic acids is 1. The number of Topliss-reactive ketones (excluding diaryl/α,β-unsaturated/α-hetero) is 1. The zero-order valence-corrected chi connectivity index (χ0v) is 12.5. The molecule has 1 saturated heterocycles. The summed E-state index contributed by atoms with van der Waals surface area (Å²) in [5.74, 6) is -0.0932. The molecule has 1 aliphatic rings. The molecule has 1 aliphatic heterocycles. The van der Waals surface area contributed by atoms with Crippen LogP contribution in [-0.4, -0.2) is 30.3 Å². The van der Waals surface area contributed by atoms with Crippen molar-refractivity contribution < 1.29 is 18.0 Å². The first-order valence-electron chi connectivity index (χ1n) is 6.89. The highest BCUT2D eigenvalue weighted by Gasteiger charge is 2.30. The Balaban J connectivity index is 0.00000220. The fourth-order valence-corrected chi connectivity index (χ4v) is 2.43. The first-order chi connectivity index (χ1) is 9.47. The van der Waals surface area contributed by atoms with Gasteiger partial charge in [-0.05, 0) is 38.1 Å². The molecule has 118 valence electrons. The minimum Gasteiger partial charge on any atom is -0.303 e. The molecule has 0 aromatic heterocycles. The van der Waals surface area contributed by atoms with Crippen LogP contribution in [0.2, 0.25) is 0 Å². The van der Waals surface area contributed by atoms with Gasteiger partial charge in [-0.3, -0.25) is 4.79 Å². The quantitative estimate of drug-likeness (QED) is 0.775. The second kappa shape index (κ2) is 7.80. The Morgan fingerprint density at radius 3 is 2.14 bits per heavy atom. The summed E-state index contributed by atoms with van der Waals surface area (Å²) < 4.78 is 37.3. The molecule has 0 amide bonds. The Kier molecular flexibility index (Phi) is 6.68. The average Bonchev–Trinajstić information content (AvgIpc) is 2.45. The van der Waals surface area contributed by atoms with E-state index in [2.05, 4.69) is 4.90 Å². The van der Waals surface area contributed by atoms with Crippen molar-refractivity contribution in [3.8, 4) is 0 Å². The SMILES string of the molecule is Cl.O=C(CCN1CCCCC1)c1ccc(C(F)(F)F)cc1. The Bertz CT molecular complexity index is 453. The fraction of sp³-hybridized carbons (Fsp3) is 0.533. The summed E-state index contributed by atoms with van der Waals surface area (Å²) in [6, 6.07) is 4.46. The first-order valence-corrected chi connectivity index (χ1v) is 6.89. The summed E-state index contributed by atoms with van der Waals surface area (Å²) in [6.07, 6.45) is -0.424. The number of rotatable bonds is 4. The molecule has 2 rings (SSSR count). The number of likely N-dealkylation sites (tertiary alicyclic amines) is 1. The van der Waals surface area contributed by atoms with Crippen LogP contribution in [0.3, 0.4) is 0 Å². The molecule has 2 nitrogen and oxygen atoms in total. The van der Waals surface area contributed by atoms with Gasteiger partial charge in [0.15, 0.2) is 5.78 Å². The maximum atomic E-state index is 12.4. The molecular weight excluding hydrogens is 303 g/mol. The van der Waals surface area contributed by atoms with E-state index in [4.69, 9.17) is 0 Å². The monoisotopic (exact) mass is 321 g/mol. The van der Waals surface area contributed by atoms with Gasteiger partial charge >= 0.3 is 6.18 Å². The topological polar surface area (TPSA) is 20.3 Å². The van der Waals surface area contributed by atoms with E-state index < -0.39 is 11.7 Å². The zero-order chi connectivity index (χ0) is 14.6. The molecule has 1 aromatic rings. The van der Waals surface area contributed by atoms with E-state index in [1.54, 1.807) is 0 Å². The molecule has 21 heavy (non-hydrogen) atoms. The Hall–Kier alpha value is -1.07. The van der Waals surface area contributed by atoms with Crippen molar-refractivity contribution in [2.24, 2.45) is 0 Å². The van der Waals surface area contributed by atoms with Crippen molar-refractivity contribution in [2.45, 2.75) is 31.9 Å². The van der Waals surface area contributed by atoms with Gasteiger partial charge in [0.05, 0.1) is 5.56 Å². The normalized spacial score (nSPS) is 16.3. The number of benzene rings is 1. The van der Waals surface area contributed by atoms with Gasteiger partial charge in [0.25, 0.3) is 0 Å². The lowest BCUT2D eigenvalue weighted by molar-refractivity contribution is -0.137. The van der Waals surface area contributed by atoms with Gasteiger partial charge in [-0.2, -0.15) is 13.2 Å². The van der Waals surface area contributed by atoms with Crippen LogP contribution in [-0.2, 0) is 6.18 Å². The highest BCUT2D eigenvalue weighted by molar-refractivity contribution is 5.96. The van der Waals surface area contributed by atoms with Gasteiger partial charge in [-0.25, -0.2) is 0 Å². The van der Waals surface area contributed by atoms with Crippen molar-refractivity contribution >= 4 is 18.2 Å². The van der Waals surface area contributed by atoms with E-state index in [0.29, 0.717) is 18.5 Å². The lowest BCUT2D eigenvalue weighted by Gasteiger charge is -2.25. The highest BCUT2D eigenvalue weighted by Crippen LogP contribution is 2.29. The number of hydrogen-bond acceptors (Lipinski definition) is 2. The van der Waals surface area contributed by atoms with Gasteiger partial charge in [0.2, 0.25) is 0 Å². The van der Waals surface area contributed by atoms with Crippen LogP contribution in [0.5, 0.6) is 0 Å². The van der Waals surface area contributed by atoms with E-state index in [1.165, 1.54) is 18.6 Å². The number of ketones is 1. The average molecular weight is 322 g/mol. The number of piperidine rings is 1. The van der Waals surface area contributed by atoms with Crippen molar-refractivity contribution in [3.05, 3.63) is 35.4 Å². The number of hydrogen-bond donors (Lipinski definition) is 0. The molecule has 0 N–H and O–H groups in total. The lowest BCUT2D eigenvalue weighted by Crippen LogP contribution is -2.31. The Labute approximate surface area is 128 Å². The van der Waals surface area contributed by atoms with Crippen molar-refractivity contribution in [1.29, 1.82) is 0 Å². The van der Waals surface area contributed by atoms with E-state index in [-0.39, 0.29) is 18.2 Å². The molecule has 1 heterocycles. The fourth-order valence-electron chi connectivity index (χ4n) is 2.43. The molecular formula is C15H19ClF3NO. The Morgan fingerprint density at radius 1 is 1.05 bits per heavy atom. The Morgan fingerprint density at radius 2 is 1.62 bits per heavy atom. The number of alkyl halides is 3. The van der Waals surface area contributed by atoms with Gasteiger partial charge in [-0.15, -0.1) is 12.4 Å². The predicted octanol–water partition coefficient (Wildman–Crippen LogP) is 4.19. The van der Waals surface area contributed by atoms with Crippen LogP contribution in [0.25, 0.3) is 0 Å². The molecule has 0 atom stereocenters. The van der Waals surface area contributed by atoms with Crippen molar-refractivity contribution in [2.75, 3.05) is 19.6 Å². The van der Waals surface area contributed by atoms with Crippen LogP contribution >= 0.6 is 12.4 Å².